The van der Waals surface area contributed by atoms with Gasteiger partial charge < -0.3 is 14.2 Å². The third-order valence-electron chi connectivity index (χ3n) is 4.27. The Balaban J connectivity index is 1.67. The molecule has 0 radical (unpaired) electrons. The number of hydrogen-bond donors (Lipinski definition) is 0. The first-order valence-corrected chi connectivity index (χ1v) is 7.56. The minimum Gasteiger partial charge on any atom is -0.454 e. The van der Waals surface area contributed by atoms with Gasteiger partial charge in [0.1, 0.15) is 5.76 Å². The van der Waals surface area contributed by atoms with E-state index in [0.717, 1.165) is 18.8 Å². The molecular formula is C16H22N4O2. The van der Waals surface area contributed by atoms with Gasteiger partial charge in [-0.1, -0.05) is 6.92 Å². The van der Waals surface area contributed by atoms with E-state index in [0.29, 0.717) is 24.3 Å². The summed E-state index contributed by atoms with van der Waals surface area (Å²) in [7, 11) is 4.12. The predicted molar refractivity (Wildman–Crippen MR) is 82.6 cm³/mol. The van der Waals surface area contributed by atoms with E-state index in [-0.39, 0.29) is 5.91 Å². The van der Waals surface area contributed by atoms with E-state index >= 15 is 0 Å². The Bertz CT molecular complexity index is 632. The number of nitrogens with zero attached hydrogens (tertiary/aromatic N) is 4. The third kappa shape index (κ3) is 2.92. The van der Waals surface area contributed by atoms with Crippen LogP contribution < -0.4 is 0 Å². The highest BCUT2D eigenvalue weighted by Crippen LogP contribution is 2.22. The van der Waals surface area contributed by atoms with Crippen LogP contribution in [0.5, 0.6) is 0 Å². The van der Waals surface area contributed by atoms with Gasteiger partial charge in [-0.05, 0) is 38.2 Å². The molecule has 0 spiro atoms. The molecule has 3 rings (SSSR count). The average molecular weight is 302 g/mol. The third-order valence-corrected chi connectivity index (χ3v) is 4.27. The van der Waals surface area contributed by atoms with Gasteiger partial charge in [0.25, 0.3) is 5.91 Å². The molecule has 22 heavy (non-hydrogen) atoms. The van der Waals surface area contributed by atoms with E-state index in [1.165, 1.54) is 0 Å². The van der Waals surface area contributed by atoms with Crippen molar-refractivity contribution in [3.63, 3.8) is 0 Å². The molecule has 1 fully saturated rings. The molecule has 6 nitrogen and oxygen atoms in total. The van der Waals surface area contributed by atoms with Crippen molar-refractivity contribution in [1.29, 1.82) is 0 Å². The van der Waals surface area contributed by atoms with Crippen LogP contribution in [0, 0.1) is 5.92 Å². The molecule has 0 bridgehead atoms. The largest absolute Gasteiger partial charge is 0.454 e. The second-order valence-corrected chi connectivity index (χ2v) is 6.19. The van der Waals surface area contributed by atoms with E-state index in [2.05, 4.69) is 31.0 Å². The summed E-state index contributed by atoms with van der Waals surface area (Å²) in [6.45, 7) is 4.25. The van der Waals surface area contributed by atoms with Gasteiger partial charge in [0.2, 0.25) is 0 Å². The molecule has 0 unspecified atom stereocenters. The van der Waals surface area contributed by atoms with E-state index in [4.69, 9.17) is 4.42 Å². The normalized spacial score (nSPS) is 21.7. The number of hydrogen-bond acceptors (Lipinski definition) is 4. The summed E-state index contributed by atoms with van der Waals surface area (Å²) >= 11 is 0. The molecule has 118 valence electrons. The van der Waals surface area contributed by atoms with Crippen LogP contribution >= 0.6 is 0 Å². The molecule has 2 aromatic rings. The molecular weight excluding hydrogens is 280 g/mol. The zero-order valence-electron chi connectivity index (χ0n) is 13.3. The molecule has 2 atom stereocenters. The van der Waals surface area contributed by atoms with Gasteiger partial charge in [0.05, 0.1) is 6.54 Å². The fraction of sp³-hybridized carbons (Fsp3) is 0.500. The molecule has 0 N–H and O–H groups in total. The van der Waals surface area contributed by atoms with E-state index in [1.807, 2.05) is 23.2 Å². The number of likely N-dealkylation sites (tertiary alicyclic amines) is 1. The number of amides is 1. The summed E-state index contributed by atoms with van der Waals surface area (Å²) in [6, 6.07) is 5.87. The van der Waals surface area contributed by atoms with Gasteiger partial charge in [-0.15, -0.1) is 0 Å². The van der Waals surface area contributed by atoms with Crippen LogP contribution in [0.4, 0.5) is 0 Å². The van der Waals surface area contributed by atoms with Gasteiger partial charge in [0, 0.05) is 31.5 Å². The van der Waals surface area contributed by atoms with Crippen molar-refractivity contribution in [1.82, 2.24) is 19.6 Å². The summed E-state index contributed by atoms with van der Waals surface area (Å²) in [4.78, 5) is 16.6. The smallest absolute Gasteiger partial charge is 0.289 e. The molecule has 0 aliphatic carbocycles. The summed E-state index contributed by atoms with van der Waals surface area (Å²) in [5.41, 5.74) is 0. The number of furan rings is 1. The molecule has 1 aliphatic heterocycles. The summed E-state index contributed by atoms with van der Waals surface area (Å²) in [6.07, 6.45) is 3.59. The first-order chi connectivity index (χ1) is 10.5. The number of likely N-dealkylation sites (N-methyl/N-ethyl adjacent to an activating group) is 1. The zero-order valence-corrected chi connectivity index (χ0v) is 13.3. The van der Waals surface area contributed by atoms with Crippen LogP contribution in [-0.2, 0) is 6.54 Å². The minimum atomic E-state index is -0.0251. The Hall–Kier alpha value is -2.08. The predicted octanol–water partition coefficient (Wildman–Crippen LogP) is 1.55. The Kier molecular flexibility index (Phi) is 4.02. The Morgan fingerprint density at radius 1 is 1.41 bits per heavy atom. The van der Waals surface area contributed by atoms with Gasteiger partial charge in [0.15, 0.2) is 5.76 Å². The monoisotopic (exact) mass is 302 g/mol. The molecule has 2 aromatic heterocycles. The highest BCUT2D eigenvalue weighted by atomic mass is 16.4. The second-order valence-electron chi connectivity index (χ2n) is 6.19. The zero-order chi connectivity index (χ0) is 15.7. The van der Waals surface area contributed by atoms with Crippen molar-refractivity contribution in [2.24, 2.45) is 5.92 Å². The minimum absolute atomic E-state index is 0.0251. The van der Waals surface area contributed by atoms with E-state index in [9.17, 15) is 4.79 Å². The van der Waals surface area contributed by atoms with Gasteiger partial charge >= 0.3 is 0 Å². The molecule has 0 saturated carbocycles. The van der Waals surface area contributed by atoms with Crippen molar-refractivity contribution in [2.75, 3.05) is 27.2 Å². The maximum atomic E-state index is 12.6. The number of rotatable bonds is 4. The lowest BCUT2D eigenvalue weighted by atomic mass is 10.1. The molecule has 1 aliphatic rings. The van der Waals surface area contributed by atoms with Crippen LogP contribution in [0.1, 0.15) is 23.2 Å². The van der Waals surface area contributed by atoms with Gasteiger partial charge in [-0.25, -0.2) is 0 Å². The van der Waals surface area contributed by atoms with Crippen LogP contribution in [0.3, 0.4) is 0 Å². The number of aromatic nitrogens is 2. The average Bonchev–Trinajstić information content (AvgIpc) is 3.19. The Morgan fingerprint density at radius 2 is 2.23 bits per heavy atom. The standard InChI is InChI=1S/C16H22N4O2/c1-12-9-19(11-14(12)18(2)3)16(21)15-6-5-13(22-15)10-20-8-4-7-17-20/h4-8,12,14H,9-11H2,1-3H3/t12-,14+/m1/s1. The highest BCUT2D eigenvalue weighted by Gasteiger charge is 2.34. The summed E-state index contributed by atoms with van der Waals surface area (Å²) in [5.74, 6) is 1.59. The topological polar surface area (TPSA) is 54.5 Å². The fourth-order valence-corrected chi connectivity index (χ4v) is 3.07. The number of carbonyl (C=O) groups is 1. The lowest BCUT2D eigenvalue weighted by Gasteiger charge is -2.22. The molecule has 1 amide bonds. The Labute approximate surface area is 130 Å². The van der Waals surface area contributed by atoms with Gasteiger partial charge in [-0.3, -0.25) is 9.48 Å². The first kappa shape index (κ1) is 14.8. The summed E-state index contributed by atoms with van der Waals surface area (Å²) in [5, 5.41) is 4.14. The maximum Gasteiger partial charge on any atom is 0.289 e. The first-order valence-electron chi connectivity index (χ1n) is 7.56. The maximum absolute atomic E-state index is 12.6. The lowest BCUT2D eigenvalue weighted by molar-refractivity contribution is 0.0747. The van der Waals surface area contributed by atoms with Crippen LogP contribution in [0.15, 0.2) is 35.0 Å². The summed E-state index contributed by atoms with van der Waals surface area (Å²) < 4.78 is 7.47. The lowest BCUT2D eigenvalue weighted by Crippen LogP contribution is -2.35. The van der Waals surface area contributed by atoms with Gasteiger partial charge in [-0.2, -0.15) is 5.10 Å². The van der Waals surface area contributed by atoms with Crippen molar-refractivity contribution >= 4 is 5.91 Å². The number of carbonyl (C=O) groups excluding carboxylic acids is 1. The quantitative estimate of drug-likeness (QED) is 0.860. The molecule has 0 aromatic carbocycles. The second kappa shape index (κ2) is 5.96. The SMILES string of the molecule is C[C@@H]1CN(C(=O)c2ccc(Cn3cccn3)o2)C[C@@H]1N(C)C. The van der Waals surface area contributed by atoms with E-state index < -0.39 is 0 Å². The molecule has 6 heteroatoms. The highest BCUT2D eigenvalue weighted by molar-refractivity contribution is 5.91. The fourth-order valence-electron chi connectivity index (χ4n) is 3.07. The van der Waals surface area contributed by atoms with Crippen molar-refractivity contribution in [2.45, 2.75) is 19.5 Å². The van der Waals surface area contributed by atoms with Crippen LogP contribution in [0.25, 0.3) is 0 Å². The van der Waals surface area contributed by atoms with Crippen molar-refractivity contribution < 1.29 is 9.21 Å². The van der Waals surface area contributed by atoms with Crippen LogP contribution in [-0.4, -0.2) is 58.7 Å². The van der Waals surface area contributed by atoms with Crippen molar-refractivity contribution in [3.05, 3.63) is 42.1 Å². The van der Waals surface area contributed by atoms with E-state index in [1.54, 1.807) is 16.9 Å². The Morgan fingerprint density at radius 3 is 2.86 bits per heavy atom. The molecule has 1 saturated heterocycles. The molecule has 3 heterocycles. The van der Waals surface area contributed by atoms with Crippen molar-refractivity contribution in [3.8, 4) is 0 Å². The van der Waals surface area contributed by atoms with Crippen LogP contribution in [0.2, 0.25) is 0 Å².